The van der Waals surface area contributed by atoms with Gasteiger partial charge in [0.05, 0.1) is 18.5 Å². The van der Waals surface area contributed by atoms with Gasteiger partial charge in [0.1, 0.15) is 0 Å². The van der Waals surface area contributed by atoms with Crippen LogP contribution in [0.5, 0.6) is 0 Å². The van der Waals surface area contributed by atoms with Crippen molar-refractivity contribution in [3.05, 3.63) is 0 Å². The minimum atomic E-state index is -5.30. The quantitative estimate of drug-likeness (QED) is 0.0255. The zero-order chi connectivity index (χ0) is 94.0. The summed E-state index contributed by atoms with van der Waals surface area (Å²) in [7, 11) is -48.1. The lowest BCUT2D eigenvalue weighted by Gasteiger charge is -2.54. The lowest BCUT2D eigenvalue weighted by molar-refractivity contribution is -0.195. The van der Waals surface area contributed by atoms with Crippen LogP contribution in [-0.2, 0) is 163 Å². The summed E-state index contributed by atoms with van der Waals surface area (Å²) in [5.41, 5.74) is 5.55. The Balaban J connectivity index is 0.00000218. The molecular formula is C69H155N5O37Si11. The Morgan fingerprint density at radius 2 is 0.566 bits per heavy atom. The van der Waals surface area contributed by atoms with Gasteiger partial charge in [0.2, 0.25) is 17.7 Å². The van der Waals surface area contributed by atoms with Crippen LogP contribution in [0.4, 0.5) is 0 Å². The first-order valence-electron chi connectivity index (χ1n) is 42.3. The van der Waals surface area contributed by atoms with E-state index in [-0.39, 0.29) is 49.6 Å². The van der Waals surface area contributed by atoms with Crippen LogP contribution in [0.2, 0.25) is 6.04 Å². The summed E-state index contributed by atoms with van der Waals surface area (Å²) in [6.45, 7) is 66.4. The molecule has 4 bridgehead atoms. The number of nitrogens with two attached hydrogens (primary N) is 1. The summed E-state index contributed by atoms with van der Waals surface area (Å²) in [4.78, 5) is 70.2. The van der Waals surface area contributed by atoms with Gasteiger partial charge in [0, 0.05) is 180 Å². The van der Waals surface area contributed by atoms with Gasteiger partial charge in [-0.25, -0.2) is 4.79 Å². The molecule has 5 N–H and O–H groups in total. The molecule has 0 aliphatic carbocycles. The minimum absolute atomic E-state index is 0.106. The predicted octanol–water partition coefficient (Wildman–Crippen LogP) is 7.95. The van der Waals surface area contributed by atoms with E-state index in [2.05, 4.69) is 20.8 Å². The molecule has 4 rings (SSSR count). The van der Waals surface area contributed by atoms with E-state index >= 15 is 0 Å². The normalized spacial score (nSPS) is 21.6. The highest BCUT2D eigenvalue weighted by molar-refractivity contribution is 6.93. The van der Waals surface area contributed by atoms with Crippen LogP contribution in [0.3, 0.4) is 0 Å². The molecule has 0 saturated carbocycles. The second kappa shape index (κ2) is 58.1. The van der Waals surface area contributed by atoms with Crippen LogP contribution in [-0.4, -0.2) is 291 Å². The number of hydrogen-bond acceptors (Lipinski definition) is 38. The third-order valence-corrected chi connectivity index (χ3v) is 52.0. The van der Waals surface area contributed by atoms with Crippen molar-refractivity contribution in [1.29, 1.82) is 0 Å². The first-order valence-corrected chi connectivity index (χ1v) is 61.5. The number of hydrogen-bond donors (Lipinski definition) is 4. The van der Waals surface area contributed by atoms with Gasteiger partial charge in [-0.15, -0.1) is 5.06 Å². The van der Waals surface area contributed by atoms with Crippen molar-refractivity contribution >= 4 is 134 Å². The fourth-order valence-electron chi connectivity index (χ4n) is 10.7. The molecule has 42 nitrogen and oxygen atoms in total. The van der Waals surface area contributed by atoms with Crippen molar-refractivity contribution in [2.75, 3.05) is 84.5 Å². The molecule has 4 unspecified atom stereocenters. The molecule has 0 radical (unpaired) electrons. The summed E-state index contributed by atoms with van der Waals surface area (Å²) in [5.74, 6) is -2.05. The molecule has 122 heavy (non-hydrogen) atoms. The van der Waals surface area contributed by atoms with Crippen LogP contribution in [0.25, 0.3) is 0 Å². The Hall–Kier alpha value is -1.83. The van der Waals surface area contributed by atoms with Gasteiger partial charge < -0.3 is 156 Å². The molecule has 0 spiro atoms. The number of fused-ring (bicyclic) bond motifs is 4. The fourth-order valence-corrected chi connectivity index (χ4v) is 52.3. The Bertz CT molecular complexity index is 2800. The van der Waals surface area contributed by atoms with Crippen LogP contribution in [0.1, 0.15) is 262 Å². The van der Waals surface area contributed by atoms with E-state index in [0.717, 1.165) is 6.92 Å². The van der Waals surface area contributed by atoms with Gasteiger partial charge in [-0.05, 0) is 221 Å². The third-order valence-electron chi connectivity index (χ3n) is 13.7. The van der Waals surface area contributed by atoms with E-state index in [0.29, 0.717) is 83.0 Å². The van der Waals surface area contributed by atoms with Crippen LogP contribution >= 0.6 is 0 Å². The number of nitrogens with one attached hydrogen (secondary N) is 3. The molecule has 4 aliphatic rings. The molecule has 4 atom stereocenters. The van der Waals surface area contributed by atoms with Crippen LogP contribution in [0.15, 0.2) is 0 Å². The lowest BCUT2D eigenvalue weighted by atomic mass is 10.4. The smallest absolute Gasteiger partial charge is 0.373 e. The number of hydroxylamine groups is 2. The first kappa shape index (κ1) is 120. The van der Waals surface area contributed by atoms with Crippen LogP contribution in [0, 0.1) is 0 Å². The topological polar surface area (TPSA) is 454 Å². The van der Waals surface area contributed by atoms with Gasteiger partial charge in [-0.1, -0.05) is 0 Å². The molecular weight excluding hydrogens is 1800 g/mol. The molecule has 5 amide bonds. The first-order chi connectivity index (χ1) is 56.6. The van der Waals surface area contributed by atoms with Crippen molar-refractivity contribution in [2.24, 2.45) is 5.73 Å². The maximum Gasteiger partial charge on any atom is 0.668 e. The number of nitrogens with zero attached hydrogens (tertiary/aromatic N) is 1. The summed E-state index contributed by atoms with van der Waals surface area (Å²) >= 11 is 0. The molecule has 722 valence electrons. The summed E-state index contributed by atoms with van der Waals surface area (Å²) in [6, 6.07) is -0.150. The average molecular weight is 1960 g/mol. The molecule has 0 aromatic heterocycles. The van der Waals surface area contributed by atoms with E-state index in [1.807, 2.05) is 62.3 Å². The van der Waals surface area contributed by atoms with Crippen molar-refractivity contribution in [3.63, 3.8) is 0 Å². The van der Waals surface area contributed by atoms with Gasteiger partial charge in [0.15, 0.2) is 0 Å². The Labute approximate surface area is 739 Å². The minimum Gasteiger partial charge on any atom is -0.373 e. The van der Waals surface area contributed by atoms with Crippen LogP contribution < -0.4 is 21.7 Å². The maximum absolute atomic E-state index is 12.4. The lowest BCUT2D eigenvalue weighted by Crippen LogP contribution is -2.85. The zero-order valence-corrected chi connectivity index (χ0v) is 90.5. The molecule has 0 aromatic carbocycles. The third kappa shape index (κ3) is 45.3. The van der Waals surface area contributed by atoms with Crippen molar-refractivity contribution < 1.29 is 163 Å². The van der Waals surface area contributed by atoms with Gasteiger partial charge in [-0.2, -0.15) is 0 Å². The van der Waals surface area contributed by atoms with E-state index in [1.165, 1.54) is 20.8 Å². The molecule has 4 fully saturated rings. The van der Waals surface area contributed by atoms with E-state index in [9.17, 15) is 28.8 Å². The Kier molecular flexibility index (Phi) is 57.3. The van der Waals surface area contributed by atoms with E-state index in [1.54, 1.807) is 152 Å². The summed E-state index contributed by atoms with van der Waals surface area (Å²) in [6.07, 6.45) is -5.79. The molecule has 0 aromatic rings. The second-order valence-electron chi connectivity index (χ2n) is 29.8. The predicted molar refractivity (Wildman–Crippen MR) is 465 cm³/mol. The van der Waals surface area contributed by atoms with Crippen molar-refractivity contribution in [3.8, 4) is 0 Å². The number of imide groups is 1. The fraction of sp³-hybridized carbons (Fsp3) is 0.913. The number of amides is 5. The monoisotopic (exact) mass is 1950 g/mol. The summed E-state index contributed by atoms with van der Waals surface area (Å²) in [5, 5.41) is 8.74. The van der Waals surface area contributed by atoms with Crippen molar-refractivity contribution in [2.45, 2.75) is 335 Å². The number of carbonyl (C=O) groups is 6. The highest BCUT2D eigenvalue weighted by Gasteiger charge is 2.85. The largest absolute Gasteiger partial charge is 0.668 e. The summed E-state index contributed by atoms with van der Waals surface area (Å²) < 4.78 is 197. The van der Waals surface area contributed by atoms with E-state index < -0.39 is 183 Å². The molecule has 53 heteroatoms. The van der Waals surface area contributed by atoms with Gasteiger partial charge in [0.25, 0.3) is 11.8 Å². The zero-order valence-electron chi connectivity index (χ0n) is 79.5. The standard InChI is InChI=1S/C38H87NO22Si8.2C9H21NO4Si.C7H19NO3Si.C6H7NO4/c1-27(2)41-63(42-28(3)4)52-62(26-24-25-39-38(23)40)53-67(49-35(17)18,57-64(55-63,43-29(5)6)44-30(7)8)60-69(51-37(21)22)59-66(47-33(13)14,48-34(15)16)56-65(45-31(9)10,46-32(11)12)58-68(54-62,61-69)50-36(19)20;2*1-5-12-15(13-6-2,14-7-3)8-10-9(4)11;1-4-9-12(7-8,10-5-2)11-6-3;1-4(8)11-7-5(9)2-3-6(7)10/h27-37H,24-26H2,1-23H3,(H,39,40);2*5-8H2,1-4H3,(H,10,11);4-8H2,1-3H3;2-3H2,1H3. The SMILES string of the molecule is CC(=O)NCCC[Si]12O[Si](OC(C)C)(OC(C)C)O[Si](OC(C)C)(OC(C)C)O[Si](OC(C)C)(O1)O[Si]1(OC(C)C)O[Si](OC(C)C)(OC(C)C)O[Si](OC(C)C)(OC(C)C)O[Si](OC(C)C)(O2)O1.CC(=O)ON1C(=O)CCC1=O.CCO[Si](CN)(OCC)OCC.CCO[Si](CNC(C)=O)(OCC)OCC.CCO[Si](CNC(C)=O)(OCC)OCC. The average Bonchev–Trinajstić information content (AvgIpc) is 0.778. The van der Waals surface area contributed by atoms with Gasteiger partial charge >= 0.3 is 105 Å². The molecule has 4 saturated heterocycles. The number of carbonyl (C=O) groups excluding carboxylic acids is 6. The van der Waals surface area contributed by atoms with E-state index in [4.69, 9.17) is 135 Å². The highest BCUT2D eigenvalue weighted by Crippen LogP contribution is 2.48. The molecule has 4 heterocycles. The highest BCUT2D eigenvalue weighted by atomic mass is 28.6. The second-order valence-corrected chi connectivity index (χ2v) is 57.2. The number of rotatable bonds is 50. The molecule has 4 aliphatic heterocycles. The Morgan fingerprint density at radius 3 is 0.779 bits per heavy atom. The van der Waals surface area contributed by atoms with Gasteiger partial charge in [-0.3, -0.25) is 24.0 Å². The van der Waals surface area contributed by atoms with Crippen molar-refractivity contribution in [1.82, 2.24) is 21.0 Å². The maximum atomic E-state index is 12.4. The Morgan fingerprint density at radius 1 is 0.336 bits per heavy atom.